The molecule has 0 aromatic carbocycles. The molecule has 1 heteroatoms. The van der Waals surface area contributed by atoms with Crippen molar-refractivity contribution in [1.82, 2.24) is 4.90 Å². The van der Waals surface area contributed by atoms with Gasteiger partial charge in [0.15, 0.2) is 0 Å². The molecular weight excluding hydrogens is 134 g/mol. The molecule has 0 aliphatic rings. The van der Waals surface area contributed by atoms with E-state index in [2.05, 4.69) is 30.7 Å². The van der Waals surface area contributed by atoms with Gasteiger partial charge in [-0.3, -0.25) is 0 Å². The molecule has 0 aliphatic heterocycles. The van der Waals surface area contributed by atoms with Crippen molar-refractivity contribution in [3.05, 3.63) is 36.6 Å². The molecule has 0 rings (SSSR count). The number of hydrogen-bond acceptors (Lipinski definition) is 1. The van der Waals surface area contributed by atoms with Crippen LogP contribution >= 0.6 is 0 Å². The van der Waals surface area contributed by atoms with Gasteiger partial charge < -0.3 is 4.90 Å². The molecule has 0 bridgehead atoms. The Bertz CT molecular complexity index is 166. The second-order valence-electron chi connectivity index (χ2n) is 2.38. The van der Waals surface area contributed by atoms with Gasteiger partial charge in [-0.15, -0.1) is 6.58 Å². The molecular formula is C10H17N. The van der Waals surface area contributed by atoms with Crippen molar-refractivity contribution in [3.8, 4) is 0 Å². The van der Waals surface area contributed by atoms with Crippen LogP contribution in [0.1, 0.15) is 13.8 Å². The first-order chi connectivity index (χ1) is 5.26. The molecule has 0 aromatic rings. The monoisotopic (exact) mass is 151 g/mol. The number of allylic oxidation sites excluding steroid dienone is 3. The Morgan fingerprint density at radius 2 is 2.09 bits per heavy atom. The summed E-state index contributed by atoms with van der Waals surface area (Å²) in [6.07, 6.45) is 8.11. The number of hydrogen-bond donors (Lipinski definition) is 0. The Morgan fingerprint density at radius 1 is 1.45 bits per heavy atom. The molecule has 0 spiro atoms. The minimum Gasteiger partial charge on any atom is -0.371 e. The van der Waals surface area contributed by atoms with E-state index in [1.165, 1.54) is 5.70 Å². The molecule has 0 fully saturated rings. The Kier molecular flexibility index (Phi) is 5.26. The van der Waals surface area contributed by atoms with Crippen LogP contribution in [0.3, 0.4) is 0 Å². The predicted octanol–water partition coefficient (Wildman–Crippen LogP) is 2.58. The summed E-state index contributed by atoms with van der Waals surface area (Å²) < 4.78 is 0. The highest BCUT2D eigenvalue weighted by molar-refractivity contribution is 5.16. The van der Waals surface area contributed by atoms with E-state index in [1.807, 2.05) is 26.0 Å². The van der Waals surface area contributed by atoms with Crippen LogP contribution in [0.15, 0.2) is 36.6 Å². The molecule has 0 atom stereocenters. The van der Waals surface area contributed by atoms with E-state index in [4.69, 9.17) is 0 Å². The third kappa shape index (κ3) is 3.66. The number of nitrogens with zero attached hydrogens (tertiary/aromatic N) is 1. The summed E-state index contributed by atoms with van der Waals surface area (Å²) in [6, 6.07) is 0. The lowest BCUT2D eigenvalue weighted by molar-refractivity contribution is 0.479. The lowest BCUT2D eigenvalue weighted by atomic mass is 10.3. The third-order valence-corrected chi connectivity index (χ3v) is 1.48. The van der Waals surface area contributed by atoms with Crippen LogP contribution in [0.2, 0.25) is 0 Å². The average Bonchev–Trinajstić information content (AvgIpc) is 2.00. The van der Waals surface area contributed by atoms with Gasteiger partial charge >= 0.3 is 0 Å². The van der Waals surface area contributed by atoms with Gasteiger partial charge in [0, 0.05) is 19.3 Å². The van der Waals surface area contributed by atoms with Crippen LogP contribution in [0, 0.1) is 0 Å². The maximum absolute atomic E-state index is 3.68. The minimum atomic E-state index is 0.893. The van der Waals surface area contributed by atoms with E-state index < -0.39 is 0 Å². The van der Waals surface area contributed by atoms with E-state index >= 15 is 0 Å². The fourth-order valence-corrected chi connectivity index (χ4v) is 0.914. The van der Waals surface area contributed by atoms with Crippen molar-refractivity contribution < 1.29 is 0 Å². The van der Waals surface area contributed by atoms with Crippen LogP contribution < -0.4 is 0 Å². The van der Waals surface area contributed by atoms with Crippen LogP contribution in [0.5, 0.6) is 0 Å². The maximum Gasteiger partial charge on any atom is 0.0353 e. The van der Waals surface area contributed by atoms with Gasteiger partial charge in [-0.2, -0.15) is 0 Å². The van der Waals surface area contributed by atoms with Crippen molar-refractivity contribution in [1.29, 1.82) is 0 Å². The second-order valence-corrected chi connectivity index (χ2v) is 2.38. The molecule has 0 heterocycles. The van der Waals surface area contributed by atoms with Crippen LogP contribution in [0.4, 0.5) is 0 Å². The van der Waals surface area contributed by atoms with Gasteiger partial charge in [0.25, 0.3) is 0 Å². The zero-order chi connectivity index (χ0) is 8.69. The Labute approximate surface area is 69.7 Å². The summed E-state index contributed by atoms with van der Waals surface area (Å²) in [5.74, 6) is 0. The smallest absolute Gasteiger partial charge is 0.0353 e. The molecule has 0 amide bonds. The topological polar surface area (TPSA) is 3.24 Å². The summed E-state index contributed by atoms with van der Waals surface area (Å²) in [5, 5.41) is 0. The Balaban J connectivity index is 4.14. The molecule has 0 saturated carbocycles. The Hall–Kier alpha value is -0.980. The zero-order valence-electron chi connectivity index (χ0n) is 7.67. The van der Waals surface area contributed by atoms with Crippen molar-refractivity contribution in [2.24, 2.45) is 0 Å². The summed E-state index contributed by atoms with van der Waals surface area (Å²) in [6.45, 7) is 8.63. The predicted molar refractivity (Wildman–Crippen MR) is 51.4 cm³/mol. The largest absolute Gasteiger partial charge is 0.371 e. The van der Waals surface area contributed by atoms with Gasteiger partial charge in [0.2, 0.25) is 0 Å². The molecule has 0 saturated heterocycles. The van der Waals surface area contributed by atoms with Crippen molar-refractivity contribution >= 4 is 0 Å². The quantitative estimate of drug-likeness (QED) is 0.441. The highest BCUT2D eigenvalue weighted by Crippen LogP contribution is 2.02. The van der Waals surface area contributed by atoms with Gasteiger partial charge in [0.05, 0.1) is 0 Å². The SMILES string of the molecule is C=CCN(C)C(/C=C\C)=C/C. The first-order valence-electron chi connectivity index (χ1n) is 3.87. The standard InChI is InChI=1S/C10H17N/c1-5-8-10(7-3)11(4)9-6-2/h5-8H,2,9H2,1,3-4H3/b8-5-,10-7+. The summed E-state index contributed by atoms with van der Waals surface area (Å²) in [5.41, 5.74) is 1.23. The minimum absolute atomic E-state index is 0.893. The van der Waals surface area contributed by atoms with Crippen molar-refractivity contribution in [2.45, 2.75) is 13.8 Å². The lowest BCUT2D eigenvalue weighted by Gasteiger charge is -2.17. The average molecular weight is 151 g/mol. The molecule has 0 unspecified atom stereocenters. The van der Waals surface area contributed by atoms with Gasteiger partial charge in [-0.25, -0.2) is 0 Å². The van der Waals surface area contributed by atoms with Crippen LogP contribution in [-0.2, 0) is 0 Å². The normalized spacial score (nSPS) is 12.1. The molecule has 62 valence electrons. The third-order valence-electron chi connectivity index (χ3n) is 1.48. The van der Waals surface area contributed by atoms with E-state index in [1.54, 1.807) is 0 Å². The number of likely N-dealkylation sites (N-methyl/N-ethyl adjacent to an activating group) is 1. The van der Waals surface area contributed by atoms with Crippen molar-refractivity contribution in [3.63, 3.8) is 0 Å². The first-order valence-corrected chi connectivity index (χ1v) is 3.87. The number of rotatable bonds is 4. The van der Waals surface area contributed by atoms with Gasteiger partial charge in [0.1, 0.15) is 0 Å². The van der Waals surface area contributed by atoms with E-state index in [9.17, 15) is 0 Å². The molecule has 0 aromatic heterocycles. The first kappa shape index (κ1) is 10.0. The fourth-order valence-electron chi connectivity index (χ4n) is 0.914. The molecule has 1 nitrogen and oxygen atoms in total. The zero-order valence-corrected chi connectivity index (χ0v) is 7.67. The highest BCUT2D eigenvalue weighted by atomic mass is 15.1. The summed E-state index contributed by atoms with van der Waals surface area (Å²) >= 11 is 0. The van der Waals surface area contributed by atoms with Crippen LogP contribution in [-0.4, -0.2) is 18.5 Å². The fraction of sp³-hybridized carbons (Fsp3) is 0.400. The summed E-state index contributed by atoms with van der Waals surface area (Å²) in [4.78, 5) is 2.15. The maximum atomic E-state index is 3.68. The van der Waals surface area contributed by atoms with E-state index in [0.717, 1.165) is 6.54 Å². The lowest BCUT2D eigenvalue weighted by Crippen LogP contribution is -2.15. The molecule has 0 N–H and O–H groups in total. The summed E-state index contributed by atoms with van der Waals surface area (Å²) in [7, 11) is 2.05. The van der Waals surface area contributed by atoms with Crippen LogP contribution in [0.25, 0.3) is 0 Å². The van der Waals surface area contributed by atoms with Crippen molar-refractivity contribution in [2.75, 3.05) is 13.6 Å². The molecule has 11 heavy (non-hydrogen) atoms. The highest BCUT2D eigenvalue weighted by Gasteiger charge is 1.94. The van der Waals surface area contributed by atoms with Gasteiger partial charge in [-0.1, -0.05) is 18.2 Å². The Morgan fingerprint density at radius 3 is 2.45 bits per heavy atom. The molecule has 0 radical (unpaired) electrons. The second kappa shape index (κ2) is 5.78. The van der Waals surface area contributed by atoms with E-state index in [-0.39, 0.29) is 0 Å². The van der Waals surface area contributed by atoms with E-state index in [0.29, 0.717) is 0 Å². The molecule has 0 aliphatic carbocycles. The van der Waals surface area contributed by atoms with Gasteiger partial charge in [-0.05, 0) is 19.9 Å².